The summed E-state index contributed by atoms with van der Waals surface area (Å²) >= 11 is 0. The Labute approximate surface area is 160 Å². The van der Waals surface area contributed by atoms with Crippen LogP contribution < -0.4 is 16.0 Å². The van der Waals surface area contributed by atoms with E-state index in [4.69, 9.17) is 4.99 Å². The molecule has 4 rings (SSSR count). The van der Waals surface area contributed by atoms with Crippen LogP contribution in [-0.4, -0.2) is 24.3 Å². The molecule has 1 spiro atoms. The van der Waals surface area contributed by atoms with Crippen LogP contribution in [0.3, 0.4) is 0 Å². The fourth-order valence-electron chi connectivity index (χ4n) is 4.10. The highest BCUT2D eigenvalue weighted by molar-refractivity contribution is 6.09. The van der Waals surface area contributed by atoms with Crippen molar-refractivity contribution < 1.29 is 4.79 Å². The van der Waals surface area contributed by atoms with Gasteiger partial charge in [-0.1, -0.05) is 43.5 Å². The highest BCUT2D eigenvalue weighted by Gasteiger charge is 2.40. The van der Waals surface area contributed by atoms with E-state index < -0.39 is 0 Å². The Kier molecular flexibility index (Phi) is 4.84. The summed E-state index contributed by atoms with van der Waals surface area (Å²) in [6, 6.07) is 16.0. The SMILES string of the molecule is CNC(=O)c1cccc(CN=C2Nc3ccccc3NC23CCCCC3)c1. The molecule has 27 heavy (non-hydrogen) atoms. The molecule has 3 N–H and O–H groups in total. The van der Waals surface area contributed by atoms with Crippen molar-refractivity contribution in [1.82, 2.24) is 5.32 Å². The lowest BCUT2D eigenvalue weighted by atomic mass is 9.79. The number of fused-ring (bicyclic) bond motifs is 1. The molecule has 0 saturated heterocycles. The Bertz CT molecular complexity index is 868. The molecule has 0 aromatic heterocycles. The van der Waals surface area contributed by atoms with E-state index in [9.17, 15) is 4.79 Å². The van der Waals surface area contributed by atoms with Crippen LogP contribution in [0.1, 0.15) is 48.0 Å². The van der Waals surface area contributed by atoms with E-state index in [1.165, 1.54) is 19.3 Å². The monoisotopic (exact) mass is 362 g/mol. The lowest BCUT2D eigenvalue weighted by Crippen LogP contribution is -2.53. The van der Waals surface area contributed by atoms with E-state index in [0.29, 0.717) is 12.1 Å². The molecule has 2 aromatic rings. The van der Waals surface area contributed by atoms with Crippen molar-refractivity contribution in [3.63, 3.8) is 0 Å². The van der Waals surface area contributed by atoms with E-state index in [-0.39, 0.29) is 11.4 Å². The normalized spacial score (nSPS) is 19.1. The van der Waals surface area contributed by atoms with Crippen LogP contribution >= 0.6 is 0 Å². The molecule has 2 aromatic carbocycles. The third-order valence-electron chi connectivity index (χ3n) is 5.55. The minimum Gasteiger partial charge on any atom is -0.371 e. The van der Waals surface area contributed by atoms with Gasteiger partial charge in [0.15, 0.2) is 0 Å². The molecular formula is C22H26N4O. The summed E-state index contributed by atoms with van der Waals surface area (Å²) in [6.07, 6.45) is 5.88. The summed E-state index contributed by atoms with van der Waals surface area (Å²) in [5, 5.41) is 10.0. The van der Waals surface area contributed by atoms with Gasteiger partial charge in [-0.2, -0.15) is 0 Å². The second kappa shape index (κ2) is 7.43. The quantitative estimate of drug-likeness (QED) is 0.767. The van der Waals surface area contributed by atoms with Crippen LogP contribution in [0.25, 0.3) is 0 Å². The Morgan fingerprint density at radius 3 is 2.63 bits per heavy atom. The lowest BCUT2D eigenvalue weighted by Gasteiger charge is -2.44. The molecule has 1 fully saturated rings. The molecule has 1 saturated carbocycles. The van der Waals surface area contributed by atoms with Gasteiger partial charge in [0, 0.05) is 12.6 Å². The van der Waals surface area contributed by atoms with Crippen molar-refractivity contribution in [1.29, 1.82) is 0 Å². The van der Waals surface area contributed by atoms with Crippen molar-refractivity contribution >= 4 is 23.1 Å². The zero-order valence-corrected chi connectivity index (χ0v) is 15.7. The zero-order chi connectivity index (χ0) is 18.7. The number of benzene rings is 2. The molecule has 5 heteroatoms. The van der Waals surface area contributed by atoms with Crippen LogP contribution in [0, 0.1) is 0 Å². The number of carbonyl (C=O) groups excluding carboxylic acids is 1. The van der Waals surface area contributed by atoms with E-state index in [2.05, 4.69) is 34.1 Å². The third-order valence-corrected chi connectivity index (χ3v) is 5.55. The number of rotatable bonds is 3. The summed E-state index contributed by atoms with van der Waals surface area (Å²) in [6.45, 7) is 0.554. The summed E-state index contributed by atoms with van der Waals surface area (Å²) in [7, 11) is 1.65. The molecule has 140 valence electrons. The summed E-state index contributed by atoms with van der Waals surface area (Å²) in [4.78, 5) is 16.8. The average Bonchev–Trinajstić information content (AvgIpc) is 2.72. The first kappa shape index (κ1) is 17.6. The van der Waals surface area contributed by atoms with Crippen molar-refractivity contribution in [2.75, 3.05) is 17.7 Å². The predicted octanol–water partition coefficient (Wildman–Crippen LogP) is 4.19. The van der Waals surface area contributed by atoms with Crippen molar-refractivity contribution in [3.8, 4) is 0 Å². The first-order chi connectivity index (χ1) is 13.2. The first-order valence-corrected chi connectivity index (χ1v) is 9.70. The van der Waals surface area contributed by atoms with Crippen LogP contribution in [0.4, 0.5) is 11.4 Å². The number of amides is 1. The maximum absolute atomic E-state index is 11.9. The van der Waals surface area contributed by atoms with Crippen LogP contribution in [0.2, 0.25) is 0 Å². The summed E-state index contributed by atoms with van der Waals surface area (Å²) in [5.74, 6) is 0.950. The molecule has 1 aliphatic carbocycles. The molecule has 1 amide bonds. The van der Waals surface area contributed by atoms with Crippen molar-refractivity contribution in [2.24, 2.45) is 4.99 Å². The third kappa shape index (κ3) is 3.54. The minimum absolute atomic E-state index is 0.0698. The lowest BCUT2D eigenvalue weighted by molar-refractivity contribution is 0.0963. The number of hydrogen-bond acceptors (Lipinski definition) is 3. The highest BCUT2D eigenvalue weighted by Crippen LogP contribution is 2.39. The standard InChI is InChI=1S/C22H26N4O/c1-23-20(27)17-9-7-8-16(14-17)15-24-21-22(12-5-2-6-13-22)26-19-11-4-3-10-18(19)25-21/h3-4,7-11,14,26H,2,5-6,12-13,15H2,1H3,(H,23,27)(H,24,25). The van der Waals surface area contributed by atoms with Crippen LogP contribution in [0.5, 0.6) is 0 Å². The molecule has 2 aliphatic rings. The Hall–Kier alpha value is -2.82. The molecule has 0 atom stereocenters. The zero-order valence-electron chi connectivity index (χ0n) is 15.7. The average molecular weight is 362 g/mol. The van der Waals surface area contributed by atoms with Crippen LogP contribution in [0.15, 0.2) is 53.5 Å². The van der Waals surface area contributed by atoms with E-state index in [1.54, 1.807) is 7.05 Å². The Morgan fingerprint density at radius 1 is 1.07 bits per heavy atom. The van der Waals surface area contributed by atoms with Gasteiger partial charge in [0.25, 0.3) is 5.91 Å². The fourth-order valence-corrected chi connectivity index (χ4v) is 4.10. The second-order valence-electron chi connectivity index (χ2n) is 7.38. The number of nitrogens with one attached hydrogen (secondary N) is 3. The largest absolute Gasteiger partial charge is 0.371 e. The number of carbonyl (C=O) groups is 1. The molecule has 1 heterocycles. The number of nitrogens with zero attached hydrogens (tertiary/aromatic N) is 1. The van der Waals surface area contributed by atoms with Gasteiger partial charge in [0.2, 0.25) is 0 Å². The molecule has 0 bridgehead atoms. The van der Waals surface area contributed by atoms with Crippen LogP contribution in [-0.2, 0) is 6.54 Å². The highest BCUT2D eigenvalue weighted by atomic mass is 16.1. The minimum atomic E-state index is -0.106. The second-order valence-corrected chi connectivity index (χ2v) is 7.38. The van der Waals surface area contributed by atoms with Crippen molar-refractivity contribution in [3.05, 3.63) is 59.7 Å². The van der Waals surface area contributed by atoms with Gasteiger partial charge in [-0.25, -0.2) is 0 Å². The summed E-state index contributed by atoms with van der Waals surface area (Å²) in [5.41, 5.74) is 3.83. The maximum atomic E-state index is 11.9. The molecule has 0 unspecified atom stereocenters. The number of hydrogen-bond donors (Lipinski definition) is 3. The van der Waals surface area contributed by atoms with Gasteiger partial charge in [-0.3, -0.25) is 9.79 Å². The summed E-state index contributed by atoms with van der Waals surface area (Å²) < 4.78 is 0. The molecule has 0 radical (unpaired) electrons. The van der Waals surface area contributed by atoms with E-state index >= 15 is 0 Å². The fraction of sp³-hybridized carbons (Fsp3) is 0.364. The Balaban J connectivity index is 1.63. The predicted molar refractivity (Wildman–Crippen MR) is 110 cm³/mol. The van der Waals surface area contributed by atoms with E-state index in [0.717, 1.165) is 35.6 Å². The number of aliphatic imine (C=N–C) groups is 1. The number of para-hydroxylation sites is 2. The van der Waals surface area contributed by atoms with Gasteiger partial charge >= 0.3 is 0 Å². The topological polar surface area (TPSA) is 65.5 Å². The smallest absolute Gasteiger partial charge is 0.251 e. The molecule has 1 aliphatic heterocycles. The van der Waals surface area contributed by atoms with Gasteiger partial charge in [-0.15, -0.1) is 0 Å². The number of amidine groups is 1. The van der Waals surface area contributed by atoms with E-state index in [1.807, 2.05) is 30.3 Å². The van der Waals surface area contributed by atoms with Gasteiger partial charge < -0.3 is 16.0 Å². The van der Waals surface area contributed by atoms with Gasteiger partial charge in [0.1, 0.15) is 5.84 Å². The molecule has 5 nitrogen and oxygen atoms in total. The first-order valence-electron chi connectivity index (χ1n) is 9.70. The van der Waals surface area contributed by atoms with Gasteiger partial charge in [0.05, 0.1) is 23.5 Å². The number of anilines is 2. The maximum Gasteiger partial charge on any atom is 0.251 e. The van der Waals surface area contributed by atoms with Gasteiger partial charge in [-0.05, 0) is 42.7 Å². The Morgan fingerprint density at radius 2 is 1.85 bits per heavy atom. The van der Waals surface area contributed by atoms with Crippen molar-refractivity contribution in [2.45, 2.75) is 44.2 Å². The molecular weight excluding hydrogens is 336 g/mol.